The van der Waals surface area contributed by atoms with Crippen LogP contribution in [0.25, 0.3) is 11.1 Å². The van der Waals surface area contributed by atoms with Gasteiger partial charge in [-0.15, -0.1) is 0 Å². The van der Waals surface area contributed by atoms with Crippen molar-refractivity contribution in [1.29, 1.82) is 0 Å². The van der Waals surface area contributed by atoms with E-state index >= 15 is 0 Å². The molecule has 1 fully saturated rings. The second-order valence-electron chi connectivity index (χ2n) is 7.22. The summed E-state index contributed by atoms with van der Waals surface area (Å²) in [5.41, 5.74) is 4.92. The van der Waals surface area contributed by atoms with Crippen molar-refractivity contribution in [3.8, 4) is 11.1 Å². The van der Waals surface area contributed by atoms with Crippen molar-refractivity contribution >= 4 is 17.5 Å². The standard InChI is InChI=1S/C22H22ClN3O2/c1-26-12-11-16(25-26)13-14-5-7-15(8-6-14)17-3-2-4-18(21(17)23)19-9-10-20(27)24-22(19)28/h2-8,11-12,19-20,27H,9-10,13H2,1H3,(H,24,28). The van der Waals surface area contributed by atoms with Crippen LogP contribution in [0, 0.1) is 0 Å². The number of piperidine rings is 1. The molecule has 1 aliphatic rings. The Balaban J connectivity index is 1.58. The van der Waals surface area contributed by atoms with Crippen LogP contribution in [0.3, 0.4) is 0 Å². The van der Waals surface area contributed by atoms with Gasteiger partial charge in [-0.3, -0.25) is 9.48 Å². The van der Waals surface area contributed by atoms with Crippen LogP contribution in [-0.4, -0.2) is 27.0 Å². The first-order valence-corrected chi connectivity index (χ1v) is 9.74. The number of amides is 1. The number of aliphatic hydroxyl groups excluding tert-OH is 1. The van der Waals surface area contributed by atoms with Gasteiger partial charge in [-0.05, 0) is 35.6 Å². The Morgan fingerprint density at radius 1 is 1.18 bits per heavy atom. The fraction of sp³-hybridized carbons (Fsp3) is 0.273. The molecule has 4 rings (SSSR count). The van der Waals surface area contributed by atoms with Crippen LogP contribution in [-0.2, 0) is 18.3 Å². The summed E-state index contributed by atoms with van der Waals surface area (Å²) in [4.78, 5) is 12.3. The van der Waals surface area contributed by atoms with E-state index in [1.165, 1.54) is 5.56 Å². The zero-order valence-corrected chi connectivity index (χ0v) is 16.4. The number of aromatic nitrogens is 2. The molecule has 0 bridgehead atoms. The average Bonchev–Trinajstić information content (AvgIpc) is 3.08. The lowest BCUT2D eigenvalue weighted by molar-refractivity contribution is -0.128. The normalized spacial score (nSPS) is 19.5. The molecule has 2 heterocycles. The second-order valence-corrected chi connectivity index (χ2v) is 7.60. The maximum atomic E-state index is 12.3. The van der Waals surface area contributed by atoms with Crippen LogP contribution in [0.15, 0.2) is 54.7 Å². The van der Waals surface area contributed by atoms with E-state index in [9.17, 15) is 9.90 Å². The van der Waals surface area contributed by atoms with Crippen molar-refractivity contribution in [3.05, 3.63) is 76.6 Å². The van der Waals surface area contributed by atoms with Crippen LogP contribution in [0.1, 0.15) is 35.6 Å². The number of benzene rings is 2. The van der Waals surface area contributed by atoms with Gasteiger partial charge >= 0.3 is 0 Å². The summed E-state index contributed by atoms with van der Waals surface area (Å²) in [5, 5.41) is 17.2. The minimum Gasteiger partial charge on any atom is -0.374 e. The third-order valence-corrected chi connectivity index (χ3v) is 5.60. The maximum Gasteiger partial charge on any atom is 0.229 e. The Labute approximate surface area is 169 Å². The maximum absolute atomic E-state index is 12.3. The van der Waals surface area contributed by atoms with Crippen LogP contribution in [0.4, 0.5) is 0 Å². The molecule has 1 amide bonds. The Kier molecular flexibility index (Phi) is 5.20. The van der Waals surface area contributed by atoms with Gasteiger partial charge in [0.25, 0.3) is 0 Å². The van der Waals surface area contributed by atoms with Crippen LogP contribution >= 0.6 is 11.6 Å². The van der Waals surface area contributed by atoms with Gasteiger partial charge in [-0.2, -0.15) is 5.10 Å². The van der Waals surface area contributed by atoms with E-state index in [4.69, 9.17) is 11.6 Å². The third-order valence-electron chi connectivity index (χ3n) is 5.18. The van der Waals surface area contributed by atoms with Crippen LogP contribution < -0.4 is 5.32 Å². The van der Waals surface area contributed by atoms with Gasteiger partial charge in [0.05, 0.1) is 16.6 Å². The molecule has 0 aliphatic carbocycles. The lowest BCUT2D eigenvalue weighted by Gasteiger charge is -2.27. The smallest absolute Gasteiger partial charge is 0.229 e. The number of halogens is 1. The van der Waals surface area contributed by atoms with E-state index < -0.39 is 6.23 Å². The Hall–Kier alpha value is -2.63. The van der Waals surface area contributed by atoms with Crippen LogP contribution in [0.5, 0.6) is 0 Å². The van der Waals surface area contributed by atoms with E-state index in [1.54, 1.807) is 4.68 Å². The van der Waals surface area contributed by atoms with Crippen molar-refractivity contribution in [2.24, 2.45) is 7.05 Å². The molecule has 28 heavy (non-hydrogen) atoms. The molecule has 2 unspecified atom stereocenters. The van der Waals surface area contributed by atoms with E-state index in [0.29, 0.717) is 17.9 Å². The van der Waals surface area contributed by atoms with Crippen molar-refractivity contribution in [3.63, 3.8) is 0 Å². The minimum atomic E-state index is -0.766. The number of hydrogen-bond acceptors (Lipinski definition) is 3. The number of carbonyl (C=O) groups excluding carboxylic acids is 1. The molecule has 2 N–H and O–H groups in total. The van der Waals surface area contributed by atoms with E-state index in [0.717, 1.165) is 28.8 Å². The highest BCUT2D eigenvalue weighted by molar-refractivity contribution is 6.34. The number of nitrogens with one attached hydrogen (secondary N) is 1. The quantitative estimate of drug-likeness (QED) is 0.708. The number of nitrogens with zero attached hydrogens (tertiary/aromatic N) is 2. The summed E-state index contributed by atoms with van der Waals surface area (Å²) in [5.74, 6) is -0.511. The lowest BCUT2D eigenvalue weighted by Crippen LogP contribution is -2.42. The first-order valence-electron chi connectivity index (χ1n) is 9.36. The molecule has 0 spiro atoms. The number of carbonyl (C=O) groups is 1. The number of rotatable bonds is 4. The molecule has 1 saturated heterocycles. The molecule has 1 aliphatic heterocycles. The molecule has 0 saturated carbocycles. The Bertz CT molecular complexity index is 997. The van der Waals surface area contributed by atoms with Gasteiger partial charge < -0.3 is 10.4 Å². The van der Waals surface area contributed by atoms with Gasteiger partial charge in [0, 0.05) is 25.2 Å². The summed E-state index contributed by atoms with van der Waals surface area (Å²) in [6, 6.07) is 16.1. The molecular formula is C22H22ClN3O2. The first kappa shape index (κ1) is 18.7. The number of aliphatic hydroxyl groups is 1. The number of aryl methyl sites for hydroxylation is 1. The van der Waals surface area contributed by atoms with Gasteiger partial charge in [0.15, 0.2) is 0 Å². The van der Waals surface area contributed by atoms with E-state index in [2.05, 4.69) is 22.5 Å². The minimum absolute atomic E-state index is 0.177. The summed E-state index contributed by atoms with van der Waals surface area (Å²) >= 11 is 6.70. The molecule has 1 aromatic heterocycles. The summed E-state index contributed by atoms with van der Waals surface area (Å²) in [6.45, 7) is 0. The highest BCUT2D eigenvalue weighted by Crippen LogP contribution is 2.37. The molecule has 6 heteroatoms. The average molecular weight is 396 g/mol. The fourth-order valence-electron chi connectivity index (χ4n) is 3.70. The fourth-order valence-corrected chi connectivity index (χ4v) is 4.07. The third kappa shape index (κ3) is 3.81. The van der Waals surface area contributed by atoms with Gasteiger partial charge in [0.2, 0.25) is 5.91 Å². The predicted molar refractivity (Wildman–Crippen MR) is 109 cm³/mol. The monoisotopic (exact) mass is 395 g/mol. The summed E-state index contributed by atoms with van der Waals surface area (Å²) in [7, 11) is 1.91. The van der Waals surface area contributed by atoms with Crippen LogP contribution in [0.2, 0.25) is 5.02 Å². The van der Waals surface area contributed by atoms with Crippen molar-refractivity contribution in [2.45, 2.75) is 31.4 Å². The molecule has 3 aromatic rings. The van der Waals surface area contributed by atoms with Crippen molar-refractivity contribution in [2.75, 3.05) is 0 Å². The summed E-state index contributed by atoms with van der Waals surface area (Å²) < 4.78 is 1.80. The predicted octanol–water partition coefficient (Wildman–Crippen LogP) is 3.64. The lowest BCUT2D eigenvalue weighted by atomic mass is 9.88. The summed E-state index contributed by atoms with van der Waals surface area (Å²) in [6.07, 6.45) is 3.06. The highest BCUT2D eigenvalue weighted by Gasteiger charge is 2.30. The van der Waals surface area contributed by atoms with Crippen molar-refractivity contribution in [1.82, 2.24) is 15.1 Å². The zero-order chi connectivity index (χ0) is 19.7. The van der Waals surface area contributed by atoms with Gasteiger partial charge in [0.1, 0.15) is 6.23 Å². The largest absolute Gasteiger partial charge is 0.374 e. The molecule has 144 valence electrons. The SMILES string of the molecule is Cn1ccc(Cc2ccc(-c3cccc(C4CCC(O)NC4=O)c3Cl)cc2)n1. The van der Waals surface area contributed by atoms with Gasteiger partial charge in [-0.25, -0.2) is 0 Å². The molecule has 2 aromatic carbocycles. The molecular weight excluding hydrogens is 374 g/mol. The number of hydrogen-bond donors (Lipinski definition) is 2. The van der Waals surface area contributed by atoms with Gasteiger partial charge in [-0.1, -0.05) is 54.1 Å². The highest BCUT2D eigenvalue weighted by atomic mass is 35.5. The Morgan fingerprint density at radius 2 is 1.96 bits per heavy atom. The van der Waals surface area contributed by atoms with E-state index in [-0.39, 0.29) is 11.8 Å². The topological polar surface area (TPSA) is 67.2 Å². The molecule has 2 atom stereocenters. The second kappa shape index (κ2) is 7.78. The zero-order valence-electron chi connectivity index (χ0n) is 15.6. The van der Waals surface area contributed by atoms with E-state index in [1.807, 2.05) is 49.6 Å². The first-order chi connectivity index (χ1) is 13.5. The molecule has 0 radical (unpaired) electrons. The molecule has 5 nitrogen and oxygen atoms in total. The Morgan fingerprint density at radius 3 is 2.64 bits per heavy atom. The van der Waals surface area contributed by atoms with Crippen molar-refractivity contribution < 1.29 is 9.90 Å².